The number of carbonyl (C=O) groups excluding carboxylic acids is 2. The lowest BCUT2D eigenvalue weighted by Gasteiger charge is -2.18. The van der Waals surface area contributed by atoms with Crippen molar-refractivity contribution in [3.8, 4) is 11.5 Å². The van der Waals surface area contributed by atoms with Crippen LogP contribution < -0.4 is 14.8 Å². The normalized spacial score (nSPS) is 10.3. The minimum Gasteiger partial charge on any atom is -0.497 e. The molecule has 0 heterocycles. The van der Waals surface area contributed by atoms with Gasteiger partial charge in [0.2, 0.25) is 5.91 Å². The Labute approximate surface area is 160 Å². The first kappa shape index (κ1) is 20.3. The number of benzene rings is 2. The molecule has 0 aliphatic heterocycles. The van der Waals surface area contributed by atoms with Gasteiger partial charge < -0.3 is 19.7 Å². The molecule has 0 unspecified atom stereocenters. The van der Waals surface area contributed by atoms with Crippen LogP contribution in [0.2, 0.25) is 0 Å². The van der Waals surface area contributed by atoms with E-state index in [1.165, 1.54) is 4.90 Å². The number of nitrogens with zero attached hydrogens (tertiary/aromatic N) is 1. The number of methoxy groups -OCH3 is 1. The Kier molecular flexibility index (Phi) is 6.82. The van der Waals surface area contributed by atoms with Crippen LogP contribution >= 0.6 is 0 Å². The fourth-order valence-electron chi connectivity index (χ4n) is 2.84. The Morgan fingerprint density at radius 3 is 2.37 bits per heavy atom. The summed E-state index contributed by atoms with van der Waals surface area (Å²) in [5, 5.41) is 2.75. The summed E-state index contributed by atoms with van der Waals surface area (Å²) in [6.07, 6.45) is 0. The summed E-state index contributed by atoms with van der Waals surface area (Å²) in [6, 6.07) is 11.1. The summed E-state index contributed by atoms with van der Waals surface area (Å²) < 4.78 is 10.8. The van der Waals surface area contributed by atoms with Crippen LogP contribution in [0.5, 0.6) is 11.5 Å². The minimum atomic E-state index is -0.290. The molecule has 0 fully saturated rings. The van der Waals surface area contributed by atoms with Gasteiger partial charge in [-0.15, -0.1) is 0 Å². The zero-order valence-corrected chi connectivity index (χ0v) is 16.5. The molecule has 6 nitrogen and oxygen atoms in total. The van der Waals surface area contributed by atoms with Gasteiger partial charge in [-0.05, 0) is 44.0 Å². The Hall–Kier alpha value is -3.02. The molecule has 0 spiro atoms. The SMILES string of the molecule is COc1cccc(NC(=O)CN(C)C(=O)COc2c(C)cc(C)cc2C)c1. The highest BCUT2D eigenvalue weighted by molar-refractivity contribution is 5.94. The highest BCUT2D eigenvalue weighted by Crippen LogP contribution is 2.24. The second kappa shape index (κ2) is 9.07. The maximum atomic E-state index is 12.3. The van der Waals surface area contributed by atoms with Gasteiger partial charge in [-0.3, -0.25) is 9.59 Å². The molecule has 2 amide bonds. The summed E-state index contributed by atoms with van der Waals surface area (Å²) in [7, 11) is 3.14. The van der Waals surface area contributed by atoms with E-state index < -0.39 is 0 Å². The first-order valence-corrected chi connectivity index (χ1v) is 8.68. The summed E-state index contributed by atoms with van der Waals surface area (Å²) in [5.41, 5.74) is 3.73. The largest absolute Gasteiger partial charge is 0.497 e. The van der Waals surface area contributed by atoms with E-state index in [9.17, 15) is 9.59 Å². The van der Waals surface area contributed by atoms with E-state index in [-0.39, 0.29) is 25.0 Å². The van der Waals surface area contributed by atoms with Gasteiger partial charge in [0.25, 0.3) is 5.91 Å². The summed E-state index contributed by atoms with van der Waals surface area (Å²) in [6.45, 7) is 5.73. The Balaban J connectivity index is 1.88. The molecular formula is C21H26N2O4. The molecule has 2 aromatic carbocycles. The number of amides is 2. The van der Waals surface area contributed by atoms with Gasteiger partial charge in [0, 0.05) is 18.8 Å². The minimum absolute atomic E-state index is 0.0642. The topological polar surface area (TPSA) is 67.9 Å². The molecule has 6 heteroatoms. The van der Waals surface area contributed by atoms with Crippen molar-refractivity contribution in [3.63, 3.8) is 0 Å². The van der Waals surface area contributed by atoms with Crippen molar-refractivity contribution in [1.29, 1.82) is 0 Å². The molecule has 1 N–H and O–H groups in total. The molecule has 144 valence electrons. The monoisotopic (exact) mass is 370 g/mol. The maximum Gasteiger partial charge on any atom is 0.260 e. The third-order valence-corrected chi connectivity index (χ3v) is 4.10. The number of likely N-dealkylation sites (N-methyl/N-ethyl adjacent to an activating group) is 1. The Bertz CT molecular complexity index is 810. The molecule has 0 saturated carbocycles. The van der Waals surface area contributed by atoms with Crippen molar-refractivity contribution in [3.05, 3.63) is 53.1 Å². The van der Waals surface area contributed by atoms with E-state index in [0.29, 0.717) is 17.2 Å². The van der Waals surface area contributed by atoms with Gasteiger partial charge in [0.05, 0.1) is 13.7 Å². The lowest BCUT2D eigenvalue weighted by molar-refractivity contribution is -0.135. The number of anilines is 1. The average molecular weight is 370 g/mol. The van der Waals surface area contributed by atoms with Crippen LogP contribution in [0.25, 0.3) is 0 Å². The number of carbonyl (C=O) groups is 2. The van der Waals surface area contributed by atoms with Crippen LogP contribution in [0, 0.1) is 20.8 Å². The van der Waals surface area contributed by atoms with Gasteiger partial charge >= 0.3 is 0 Å². The quantitative estimate of drug-likeness (QED) is 0.813. The molecular weight excluding hydrogens is 344 g/mol. The summed E-state index contributed by atoms with van der Waals surface area (Å²) >= 11 is 0. The van der Waals surface area contributed by atoms with Crippen LogP contribution in [0.3, 0.4) is 0 Å². The second-order valence-corrected chi connectivity index (χ2v) is 6.55. The molecule has 0 atom stereocenters. The molecule has 0 radical (unpaired) electrons. The predicted molar refractivity (Wildman–Crippen MR) is 105 cm³/mol. The first-order chi connectivity index (χ1) is 12.8. The predicted octanol–water partition coefficient (Wildman–Crippen LogP) is 3.10. The highest BCUT2D eigenvalue weighted by Gasteiger charge is 2.15. The third-order valence-electron chi connectivity index (χ3n) is 4.10. The van der Waals surface area contributed by atoms with Crippen molar-refractivity contribution < 1.29 is 19.1 Å². The van der Waals surface area contributed by atoms with Crippen LogP contribution in [-0.2, 0) is 9.59 Å². The van der Waals surface area contributed by atoms with E-state index >= 15 is 0 Å². The van der Waals surface area contributed by atoms with Gasteiger partial charge in [0.15, 0.2) is 6.61 Å². The Morgan fingerprint density at radius 1 is 1.07 bits per heavy atom. The lowest BCUT2D eigenvalue weighted by atomic mass is 10.1. The molecule has 0 aliphatic carbocycles. The fraction of sp³-hybridized carbons (Fsp3) is 0.333. The van der Waals surface area contributed by atoms with Crippen molar-refractivity contribution in [2.75, 3.05) is 32.6 Å². The van der Waals surface area contributed by atoms with Gasteiger partial charge in [0.1, 0.15) is 11.5 Å². The standard InChI is InChI=1S/C21H26N2O4/c1-14-9-15(2)21(16(3)10-14)27-13-20(25)23(4)12-19(24)22-17-7-6-8-18(11-17)26-5/h6-11H,12-13H2,1-5H3,(H,22,24). The summed E-state index contributed by atoms with van der Waals surface area (Å²) in [4.78, 5) is 25.8. The van der Waals surface area contributed by atoms with Crippen LogP contribution in [0.15, 0.2) is 36.4 Å². The zero-order valence-electron chi connectivity index (χ0n) is 16.5. The number of hydrogen-bond donors (Lipinski definition) is 1. The fourth-order valence-corrected chi connectivity index (χ4v) is 2.84. The first-order valence-electron chi connectivity index (χ1n) is 8.68. The van der Waals surface area contributed by atoms with Crippen molar-refractivity contribution >= 4 is 17.5 Å². The zero-order chi connectivity index (χ0) is 20.0. The second-order valence-electron chi connectivity index (χ2n) is 6.55. The highest BCUT2D eigenvalue weighted by atomic mass is 16.5. The third kappa shape index (κ3) is 5.74. The maximum absolute atomic E-state index is 12.3. The van der Waals surface area contributed by atoms with E-state index in [1.807, 2.05) is 32.9 Å². The van der Waals surface area contributed by atoms with Gasteiger partial charge in [-0.25, -0.2) is 0 Å². The molecule has 0 aliphatic rings. The summed E-state index contributed by atoms with van der Waals surface area (Å²) in [5.74, 6) is 0.801. The molecule has 0 bridgehead atoms. The molecule has 27 heavy (non-hydrogen) atoms. The number of rotatable bonds is 7. The van der Waals surface area contributed by atoms with Crippen LogP contribution in [-0.4, -0.2) is 44.0 Å². The molecule has 2 rings (SSSR count). The van der Waals surface area contributed by atoms with Crippen molar-refractivity contribution in [2.45, 2.75) is 20.8 Å². The van der Waals surface area contributed by atoms with Crippen molar-refractivity contribution in [1.82, 2.24) is 4.90 Å². The van der Waals surface area contributed by atoms with Crippen LogP contribution in [0.1, 0.15) is 16.7 Å². The van der Waals surface area contributed by atoms with Gasteiger partial charge in [-0.2, -0.15) is 0 Å². The number of hydrogen-bond acceptors (Lipinski definition) is 4. The van der Waals surface area contributed by atoms with E-state index in [1.54, 1.807) is 38.4 Å². The molecule has 0 aromatic heterocycles. The number of aryl methyl sites for hydroxylation is 3. The lowest BCUT2D eigenvalue weighted by Crippen LogP contribution is -2.37. The average Bonchev–Trinajstić information content (AvgIpc) is 2.60. The molecule has 2 aromatic rings. The number of nitrogens with one attached hydrogen (secondary N) is 1. The van der Waals surface area contributed by atoms with Crippen molar-refractivity contribution in [2.24, 2.45) is 0 Å². The Morgan fingerprint density at radius 2 is 1.74 bits per heavy atom. The van der Waals surface area contributed by atoms with E-state index in [4.69, 9.17) is 9.47 Å². The van der Waals surface area contributed by atoms with E-state index in [0.717, 1.165) is 16.7 Å². The van der Waals surface area contributed by atoms with E-state index in [2.05, 4.69) is 5.32 Å². The van der Waals surface area contributed by atoms with Gasteiger partial charge in [-0.1, -0.05) is 23.8 Å². The molecule has 0 saturated heterocycles. The number of ether oxygens (including phenoxy) is 2. The van der Waals surface area contributed by atoms with Crippen LogP contribution in [0.4, 0.5) is 5.69 Å². The smallest absolute Gasteiger partial charge is 0.260 e.